The van der Waals surface area contributed by atoms with Crippen LogP contribution in [-0.2, 0) is 23.1 Å². The second-order valence-electron chi connectivity index (χ2n) is 13.4. The summed E-state index contributed by atoms with van der Waals surface area (Å²) in [6.45, 7) is 2.43. The van der Waals surface area contributed by atoms with E-state index in [2.05, 4.69) is 34.5 Å². The lowest BCUT2D eigenvalue weighted by Crippen LogP contribution is -2.73. The molecule has 2 bridgehead atoms. The molecule has 2 aliphatic heterocycles. The van der Waals surface area contributed by atoms with Gasteiger partial charge in [-0.1, -0.05) is 36.4 Å². The van der Waals surface area contributed by atoms with Crippen LogP contribution in [0, 0.1) is 5.92 Å². The summed E-state index contributed by atoms with van der Waals surface area (Å²) < 4.78 is 10.9. The molecule has 1 amide bonds. The number of likely N-dealkylation sites (tertiary alicyclic amines) is 1. The Morgan fingerprint density at radius 1 is 1.00 bits per heavy atom. The quantitative estimate of drug-likeness (QED) is 0.369. The van der Waals surface area contributed by atoms with E-state index in [9.17, 15) is 19.8 Å². The summed E-state index contributed by atoms with van der Waals surface area (Å²) in [5.41, 5.74) is 3.02. The summed E-state index contributed by atoms with van der Waals surface area (Å²) in [7, 11) is 0. The third kappa shape index (κ3) is 4.41. The first-order valence-corrected chi connectivity index (χ1v) is 16.0. The number of Topliss-reactive ketones (excluding diaryl/α,β-unsaturated/α-hetero) is 1. The van der Waals surface area contributed by atoms with E-state index in [1.54, 1.807) is 6.07 Å². The van der Waals surface area contributed by atoms with Gasteiger partial charge < -0.3 is 25.0 Å². The van der Waals surface area contributed by atoms with Crippen molar-refractivity contribution >= 4 is 11.7 Å². The number of piperidine rings is 1. The summed E-state index contributed by atoms with van der Waals surface area (Å²) in [6, 6.07) is 17.7. The minimum Gasteiger partial charge on any atom is -0.507 e. The Morgan fingerprint density at radius 3 is 2.61 bits per heavy atom. The Labute approximate surface area is 257 Å². The summed E-state index contributed by atoms with van der Waals surface area (Å²) in [5.74, 6) is 1.90. The Hall–Kier alpha value is -3.88. The smallest absolute Gasteiger partial charge is 0.255 e. The van der Waals surface area contributed by atoms with Crippen molar-refractivity contribution in [2.24, 2.45) is 5.92 Å². The first-order valence-electron chi connectivity index (χ1n) is 16.0. The van der Waals surface area contributed by atoms with Crippen molar-refractivity contribution in [3.05, 3.63) is 76.9 Å². The molecule has 0 radical (unpaired) electrons. The van der Waals surface area contributed by atoms with Crippen LogP contribution in [0.25, 0.3) is 11.1 Å². The van der Waals surface area contributed by atoms with Gasteiger partial charge in [-0.25, -0.2) is 0 Å². The molecule has 1 saturated heterocycles. The second-order valence-corrected chi connectivity index (χ2v) is 13.4. The first kappa shape index (κ1) is 27.7. The van der Waals surface area contributed by atoms with Crippen molar-refractivity contribution in [3.8, 4) is 28.4 Å². The number of phenols is 1. The third-order valence-electron chi connectivity index (χ3n) is 10.9. The number of carbonyl (C=O) groups is 2. The Bertz CT molecular complexity index is 1650. The molecule has 44 heavy (non-hydrogen) atoms. The van der Waals surface area contributed by atoms with E-state index in [0.29, 0.717) is 50.1 Å². The molecular weight excluding hydrogens is 556 g/mol. The maximum Gasteiger partial charge on any atom is 0.255 e. The molecule has 0 unspecified atom stereocenters. The van der Waals surface area contributed by atoms with E-state index in [-0.39, 0.29) is 42.3 Å². The molecule has 3 aromatic carbocycles. The molecule has 3 fully saturated rings. The van der Waals surface area contributed by atoms with Crippen LogP contribution < -0.4 is 14.8 Å². The number of nitrogens with one attached hydrogen (secondary N) is 1. The Balaban J connectivity index is 0.991. The molecule has 2 saturated carbocycles. The topological polar surface area (TPSA) is 108 Å². The standard InChI is InChI=1S/C36H38N2O6/c39-27-11-13-36(42)31-18-26-7-9-28(33(40)32(26)35(36,19-27)14-16-38(31)20-23-1-2-23)34(41)37-15-12-22-3-5-24(6-4-22)25-8-10-29-30(17-25)44-21-43-29/h3-10,17,23,31,40,42H,1-2,11-16,18-21H2,(H,37,41)/t31-,35-,36-/m1/s1. The van der Waals surface area contributed by atoms with Gasteiger partial charge in [0, 0.05) is 43.0 Å². The number of ether oxygens (including phenoxy) is 2. The maximum absolute atomic E-state index is 13.4. The molecular formula is C36H38N2O6. The maximum atomic E-state index is 13.4. The number of fused-ring (bicyclic) bond motifs is 2. The van der Waals surface area contributed by atoms with Gasteiger partial charge in [-0.15, -0.1) is 0 Å². The van der Waals surface area contributed by atoms with Crippen LogP contribution >= 0.6 is 0 Å². The number of aliphatic hydroxyl groups is 1. The van der Waals surface area contributed by atoms with Gasteiger partial charge in [-0.2, -0.15) is 0 Å². The van der Waals surface area contributed by atoms with E-state index in [1.165, 1.54) is 12.8 Å². The number of hydrogen-bond donors (Lipinski definition) is 3. The highest BCUT2D eigenvalue weighted by molar-refractivity contribution is 5.98. The fourth-order valence-electron chi connectivity index (χ4n) is 8.39. The van der Waals surface area contributed by atoms with Gasteiger partial charge in [0.15, 0.2) is 11.5 Å². The number of ketones is 1. The highest BCUT2D eigenvalue weighted by Gasteiger charge is 2.65. The van der Waals surface area contributed by atoms with E-state index in [1.807, 2.05) is 24.3 Å². The Kier molecular flexibility index (Phi) is 6.50. The van der Waals surface area contributed by atoms with Crippen LogP contribution in [0.3, 0.4) is 0 Å². The zero-order valence-electron chi connectivity index (χ0n) is 24.8. The second kappa shape index (κ2) is 10.3. The van der Waals surface area contributed by atoms with Gasteiger partial charge in [0.1, 0.15) is 11.5 Å². The summed E-state index contributed by atoms with van der Waals surface area (Å²) in [4.78, 5) is 28.7. The minimum absolute atomic E-state index is 0.0738. The summed E-state index contributed by atoms with van der Waals surface area (Å²) in [6.07, 6.45) is 5.32. The average Bonchev–Trinajstić information content (AvgIpc) is 3.71. The molecule has 228 valence electrons. The largest absolute Gasteiger partial charge is 0.507 e. The molecule has 3 atom stereocenters. The predicted molar refractivity (Wildman–Crippen MR) is 164 cm³/mol. The van der Waals surface area contributed by atoms with E-state index in [4.69, 9.17) is 9.47 Å². The zero-order valence-corrected chi connectivity index (χ0v) is 24.8. The van der Waals surface area contributed by atoms with Crippen LogP contribution in [-0.4, -0.2) is 64.9 Å². The van der Waals surface area contributed by atoms with Crippen molar-refractivity contribution in [1.82, 2.24) is 10.2 Å². The van der Waals surface area contributed by atoms with Gasteiger partial charge >= 0.3 is 0 Å². The lowest BCUT2D eigenvalue weighted by atomic mass is 9.49. The van der Waals surface area contributed by atoms with Crippen LogP contribution in [0.1, 0.15) is 65.6 Å². The summed E-state index contributed by atoms with van der Waals surface area (Å²) >= 11 is 0. The van der Waals surface area contributed by atoms with Gasteiger partial charge in [0.25, 0.3) is 5.91 Å². The van der Waals surface area contributed by atoms with Crippen LogP contribution in [0.2, 0.25) is 0 Å². The van der Waals surface area contributed by atoms with Gasteiger partial charge in [-0.3, -0.25) is 14.5 Å². The molecule has 8 heteroatoms. The van der Waals surface area contributed by atoms with Crippen molar-refractivity contribution in [2.75, 3.05) is 26.4 Å². The molecule has 3 aromatic rings. The third-order valence-corrected chi connectivity index (χ3v) is 10.9. The number of aromatic hydroxyl groups is 1. The number of phenolic OH excluding ortho intramolecular Hbond substituents is 1. The zero-order chi connectivity index (χ0) is 30.1. The highest BCUT2D eigenvalue weighted by Crippen LogP contribution is 2.60. The minimum atomic E-state index is -1.10. The highest BCUT2D eigenvalue weighted by atomic mass is 16.7. The van der Waals surface area contributed by atoms with Crippen molar-refractivity contribution in [2.45, 2.75) is 68.4 Å². The fraction of sp³-hybridized carbons (Fsp3) is 0.444. The van der Waals surface area contributed by atoms with Crippen LogP contribution in [0.15, 0.2) is 54.6 Å². The number of rotatable bonds is 7. The van der Waals surface area contributed by atoms with Gasteiger partial charge in [0.2, 0.25) is 6.79 Å². The lowest BCUT2D eigenvalue weighted by molar-refractivity contribution is -0.173. The van der Waals surface area contributed by atoms with Crippen molar-refractivity contribution in [1.29, 1.82) is 0 Å². The van der Waals surface area contributed by atoms with E-state index in [0.717, 1.165) is 46.8 Å². The van der Waals surface area contributed by atoms with Crippen LogP contribution in [0.5, 0.6) is 17.2 Å². The number of amides is 1. The van der Waals surface area contributed by atoms with Crippen molar-refractivity contribution < 1.29 is 29.3 Å². The van der Waals surface area contributed by atoms with E-state index >= 15 is 0 Å². The SMILES string of the molecule is O=C1CC[C@@]2(O)[C@H]3Cc4ccc(C(=O)NCCc5ccc(-c6ccc7c(c6)OCO7)cc5)c(O)c4[C@@]2(CCN3CC2CC2)C1. The number of hydrogen-bond acceptors (Lipinski definition) is 7. The lowest BCUT2D eigenvalue weighted by Gasteiger charge is -2.63. The average molecular weight is 595 g/mol. The Morgan fingerprint density at radius 2 is 1.80 bits per heavy atom. The fourth-order valence-corrected chi connectivity index (χ4v) is 8.39. The molecule has 3 N–H and O–H groups in total. The molecule has 0 spiro atoms. The number of nitrogens with zero attached hydrogens (tertiary/aromatic N) is 1. The van der Waals surface area contributed by atoms with Gasteiger partial charge in [-0.05, 0) is 91.4 Å². The molecule has 5 aliphatic rings. The first-order chi connectivity index (χ1) is 21.3. The summed E-state index contributed by atoms with van der Waals surface area (Å²) in [5, 5.41) is 27.0. The monoisotopic (exact) mass is 594 g/mol. The molecule has 0 aromatic heterocycles. The molecule has 8 rings (SSSR count). The molecule has 2 heterocycles. The van der Waals surface area contributed by atoms with E-state index < -0.39 is 11.0 Å². The number of carbonyl (C=O) groups excluding carboxylic acids is 2. The van der Waals surface area contributed by atoms with Crippen LogP contribution in [0.4, 0.5) is 0 Å². The number of benzene rings is 3. The predicted octanol–water partition coefficient (Wildman–Crippen LogP) is 4.52. The van der Waals surface area contributed by atoms with Crippen molar-refractivity contribution in [3.63, 3.8) is 0 Å². The normalized spacial score (nSPS) is 27.0. The molecule has 8 nitrogen and oxygen atoms in total. The molecule has 3 aliphatic carbocycles. The van der Waals surface area contributed by atoms with Gasteiger partial charge in [0.05, 0.1) is 11.2 Å².